The third-order valence-electron chi connectivity index (χ3n) is 3.47. The van der Waals surface area contributed by atoms with Crippen molar-refractivity contribution in [3.05, 3.63) is 65.1 Å². The minimum absolute atomic E-state index is 0.152. The van der Waals surface area contributed by atoms with Crippen molar-refractivity contribution in [1.29, 1.82) is 0 Å². The van der Waals surface area contributed by atoms with E-state index < -0.39 is 11.4 Å². The van der Waals surface area contributed by atoms with Crippen molar-refractivity contribution in [2.45, 2.75) is 19.4 Å². The van der Waals surface area contributed by atoms with E-state index in [1.165, 1.54) is 12.1 Å². The largest absolute Gasteiger partial charge is 0.483 e. The lowest BCUT2D eigenvalue weighted by Gasteiger charge is -2.23. The Labute approximate surface area is 126 Å². The van der Waals surface area contributed by atoms with Crippen LogP contribution in [0.1, 0.15) is 13.8 Å². The molecule has 0 N–H and O–H groups in total. The number of hydrogen-bond donors (Lipinski definition) is 0. The number of hydrogen-bond acceptors (Lipinski definition) is 3. The highest BCUT2D eigenvalue weighted by Gasteiger charge is 2.20. The Kier molecular flexibility index (Phi) is 3.24. The van der Waals surface area contributed by atoms with Crippen molar-refractivity contribution in [1.82, 2.24) is 0 Å². The minimum Gasteiger partial charge on any atom is -0.483 e. The van der Waals surface area contributed by atoms with Gasteiger partial charge in [0.05, 0.1) is 5.39 Å². The van der Waals surface area contributed by atoms with Crippen LogP contribution in [0.4, 0.5) is 4.39 Å². The molecule has 0 saturated heterocycles. The fourth-order valence-electron chi connectivity index (χ4n) is 2.26. The summed E-state index contributed by atoms with van der Waals surface area (Å²) in [5.74, 6) is -0.375. The van der Waals surface area contributed by atoms with E-state index in [1.807, 2.05) is 0 Å². The summed E-state index contributed by atoms with van der Waals surface area (Å²) in [4.78, 5) is 12.7. The predicted molar refractivity (Wildman–Crippen MR) is 84.9 cm³/mol. The first-order valence-electron chi connectivity index (χ1n) is 6.89. The number of para-hydroxylation sites is 1. The fraction of sp³-hybridized carbons (Fsp3) is 0.167. The monoisotopic (exact) mass is 298 g/mol. The highest BCUT2D eigenvalue weighted by Crippen LogP contribution is 2.30. The van der Waals surface area contributed by atoms with Crippen molar-refractivity contribution < 1.29 is 13.5 Å². The van der Waals surface area contributed by atoms with Crippen LogP contribution in [0.5, 0.6) is 5.75 Å². The first kappa shape index (κ1) is 14.3. The quantitative estimate of drug-likeness (QED) is 0.530. The van der Waals surface area contributed by atoms with Crippen LogP contribution in [-0.2, 0) is 0 Å². The SMILES string of the molecule is C=CC(C)(C)Oc1cc(F)cc2oc3ccccc3c(=O)c12. The Morgan fingerprint density at radius 2 is 1.95 bits per heavy atom. The molecule has 4 heteroatoms. The summed E-state index contributed by atoms with van der Waals surface area (Å²) in [7, 11) is 0. The fourth-order valence-corrected chi connectivity index (χ4v) is 2.26. The Morgan fingerprint density at radius 1 is 1.23 bits per heavy atom. The second-order valence-electron chi connectivity index (χ2n) is 5.61. The number of rotatable bonds is 3. The molecule has 0 spiro atoms. The maximum Gasteiger partial charge on any atom is 0.204 e. The average molecular weight is 298 g/mol. The molecular weight excluding hydrogens is 283 g/mol. The number of ether oxygens (including phenoxy) is 1. The molecule has 0 aliphatic heterocycles. The maximum absolute atomic E-state index is 13.8. The van der Waals surface area contributed by atoms with Gasteiger partial charge in [-0.2, -0.15) is 0 Å². The van der Waals surface area contributed by atoms with E-state index in [2.05, 4.69) is 6.58 Å². The lowest BCUT2D eigenvalue weighted by molar-refractivity contribution is 0.164. The summed E-state index contributed by atoms with van der Waals surface area (Å²) in [5.41, 5.74) is -0.400. The van der Waals surface area contributed by atoms with Gasteiger partial charge in [-0.25, -0.2) is 4.39 Å². The lowest BCUT2D eigenvalue weighted by Crippen LogP contribution is -2.25. The second-order valence-corrected chi connectivity index (χ2v) is 5.61. The third kappa shape index (κ3) is 2.37. The van der Waals surface area contributed by atoms with E-state index in [9.17, 15) is 9.18 Å². The maximum atomic E-state index is 13.8. The van der Waals surface area contributed by atoms with Crippen molar-refractivity contribution >= 4 is 21.9 Å². The van der Waals surface area contributed by atoms with E-state index in [-0.39, 0.29) is 22.1 Å². The zero-order chi connectivity index (χ0) is 15.9. The van der Waals surface area contributed by atoms with Crippen LogP contribution < -0.4 is 10.2 Å². The molecule has 0 saturated carbocycles. The van der Waals surface area contributed by atoms with Gasteiger partial charge in [-0.3, -0.25) is 4.79 Å². The predicted octanol–water partition coefficient (Wildman–Crippen LogP) is 4.43. The van der Waals surface area contributed by atoms with Gasteiger partial charge in [0.25, 0.3) is 0 Å². The minimum atomic E-state index is -0.737. The van der Waals surface area contributed by atoms with E-state index >= 15 is 0 Å². The summed E-state index contributed by atoms with van der Waals surface area (Å²) in [6.45, 7) is 7.24. The molecule has 3 nitrogen and oxygen atoms in total. The van der Waals surface area contributed by atoms with Gasteiger partial charge < -0.3 is 9.15 Å². The molecule has 3 aromatic rings. The molecule has 0 bridgehead atoms. The number of fused-ring (bicyclic) bond motifs is 2. The number of benzene rings is 2. The molecule has 22 heavy (non-hydrogen) atoms. The third-order valence-corrected chi connectivity index (χ3v) is 3.47. The number of halogens is 1. The molecular formula is C18H15FO3. The van der Waals surface area contributed by atoms with E-state index in [1.54, 1.807) is 44.2 Å². The van der Waals surface area contributed by atoms with Crippen LogP contribution in [0, 0.1) is 5.82 Å². The van der Waals surface area contributed by atoms with Gasteiger partial charge in [0.1, 0.15) is 33.7 Å². The first-order chi connectivity index (χ1) is 10.4. The molecule has 1 aromatic heterocycles. The topological polar surface area (TPSA) is 39.4 Å². The molecule has 2 aromatic carbocycles. The molecule has 1 heterocycles. The average Bonchev–Trinajstić information content (AvgIpc) is 2.46. The summed E-state index contributed by atoms with van der Waals surface area (Å²) in [5, 5.41) is 0.665. The van der Waals surface area contributed by atoms with E-state index in [4.69, 9.17) is 9.15 Å². The summed E-state index contributed by atoms with van der Waals surface area (Å²) in [6, 6.07) is 9.25. The molecule has 0 unspecified atom stereocenters. The summed E-state index contributed by atoms with van der Waals surface area (Å²) in [6.07, 6.45) is 1.59. The van der Waals surface area contributed by atoms with Gasteiger partial charge in [0.2, 0.25) is 5.43 Å². The molecule has 0 atom stereocenters. The zero-order valence-electron chi connectivity index (χ0n) is 12.4. The van der Waals surface area contributed by atoms with E-state index in [0.29, 0.717) is 11.0 Å². The van der Waals surface area contributed by atoms with Crippen LogP contribution in [0.3, 0.4) is 0 Å². The smallest absolute Gasteiger partial charge is 0.204 e. The lowest BCUT2D eigenvalue weighted by atomic mass is 10.1. The van der Waals surface area contributed by atoms with Gasteiger partial charge in [-0.15, -0.1) is 0 Å². The molecule has 0 radical (unpaired) electrons. The Balaban J connectivity index is 2.39. The van der Waals surface area contributed by atoms with Crippen LogP contribution in [0.2, 0.25) is 0 Å². The van der Waals surface area contributed by atoms with Crippen LogP contribution in [0.25, 0.3) is 21.9 Å². The van der Waals surface area contributed by atoms with Gasteiger partial charge >= 0.3 is 0 Å². The molecule has 0 aliphatic carbocycles. The first-order valence-corrected chi connectivity index (χ1v) is 6.89. The van der Waals surface area contributed by atoms with Gasteiger partial charge in [0, 0.05) is 12.1 Å². The second kappa shape index (κ2) is 4.98. The standard InChI is InChI=1S/C18H15FO3/c1-4-18(2,3)22-15-10-11(19)9-14-16(15)17(20)12-7-5-6-8-13(12)21-14/h4-10H,1H2,2-3H3. The van der Waals surface area contributed by atoms with Crippen molar-refractivity contribution in [3.8, 4) is 5.75 Å². The van der Waals surface area contributed by atoms with Crippen LogP contribution in [0.15, 0.2) is 58.3 Å². The summed E-state index contributed by atoms with van der Waals surface area (Å²) >= 11 is 0. The van der Waals surface area contributed by atoms with E-state index in [0.717, 1.165) is 0 Å². The Hall–Kier alpha value is -2.62. The molecule has 0 amide bonds. The highest BCUT2D eigenvalue weighted by atomic mass is 19.1. The van der Waals surface area contributed by atoms with Crippen molar-refractivity contribution in [3.63, 3.8) is 0 Å². The Bertz CT molecular complexity index is 938. The molecule has 3 rings (SSSR count). The van der Waals surface area contributed by atoms with Crippen LogP contribution in [-0.4, -0.2) is 5.60 Å². The normalized spacial score (nSPS) is 11.8. The Morgan fingerprint density at radius 3 is 2.68 bits per heavy atom. The van der Waals surface area contributed by atoms with Gasteiger partial charge in [0.15, 0.2) is 0 Å². The van der Waals surface area contributed by atoms with Crippen LogP contribution >= 0.6 is 0 Å². The molecule has 112 valence electrons. The zero-order valence-corrected chi connectivity index (χ0v) is 12.4. The van der Waals surface area contributed by atoms with Gasteiger partial charge in [-0.05, 0) is 32.1 Å². The van der Waals surface area contributed by atoms with Gasteiger partial charge in [-0.1, -0.05) is 18.7 Å². The van der Waals surface area contributed by atoms with Crippen molar-refractivity contribution in [2.75, 3.05) is 0 Å². The van der Waals surface area contributed by atoms with Crippen molar-refractivity contribution in [2.24, 2.45) is 0 Å². The molecule has 0 fully saturated rings. The molecule has 0 aliphatic rings. The highest BCUT2D eigenvalue weighted by molar-refractivity contribution is 5.93. The summed E-state index contributed by atoms with van der Waals surface area (Å²) < 4.78 is 25.2.